The maximum Gasteiger partial charge on any atom is 0.246 e. The second-order valence-corrected chi connectivity index (χ2v) is 5.94. The first-order valence-corrected chi connectivity index (χ1v) is 8.24. The van der Waals surface area contributed by atoms with Crippen molar-refractivity contribution in [2.75, 3.05) is 31.2 Å². The molecule has 3 heterocycles. The van der Waals surface area contributed by atoms with Gasteiger partial charge >= 0.3 is 0 Å². The molecule has 1 fully saturated rings. The molecule has 1 N–H and O–H groups in total. The number of aromatic nitrogens is 1. The fourth-order valence-electron chi connectivity index (χ4n) is 2.17. The Balaban J connectivity index is 1.54. The minimum atomic E-state index is -0.199. The summed E-state index contributed by atoms with van der Waals surface area (Å²) < 4.78 is 10.5. The fourth-order valence-corrected chi connectivity index (χ4v) is 3.05. The van der Waals surface area contributed by atoms with E-state index >= 15 is 0 Å². The van der Waals surface area contributed by atoms with E-state index in [4.69, 9.17) is 9.15 Å². The van der Waals surface area contributed by atoms with Gasteiger partial charge in [-0.25, -0.2) is 10.4 Å². The topological polar surface area (TPSA) is 80.0 Å². The van der Waals surface area contributed by atoms with Crippen molar-refractivity contribution >= 4 is 28.1 Å². The third kappa shape index (κ3) is 4.17. The van der Waals surface area contributed by atoms with Gasteiger partial charge in [0.15, 0.2) is 5.13 Å². The van der Waals surface area contributed by atoms with Crippen LogP contribution in [-0.4, -0.2) is 42.9 Å². The largest absolute Gasteiger partial charge is 0.463 e. The van der Waals surface area contributed by atoms with Gasteiger partial charge in [-0.05, 0) is 19.1 Å². The molecule has 0 radical (unpaired) electrons. The zero-order chi connectivity index (χ0) is 16.1. The van der Waals surface area contributed by atoms with Crippen LogP contribution < -0.4 is 10.3 Å². The van der Waals surface area contributed by atoms with Crippen molar-refractivity contribution in [2.24, 2.45) is 5.10 Å². The molecule has 122 valence electrons. The van der Waals surface area contributed by atoms with Crippen molar-refractivity contribution in [3.8, 4) is 0 Å². The zero-order valence-electron chi connectivity index (χ0n) is 12.8. The van der Waals surface area contributed by atoms with Gasteiger partial charge in [-0.1, -0.05) is 0 Å². The molecule has 2 aromatic heterocycles. The van der Waals surface area contributed by atoms with Crippen LogP contribution in [0.5, 0.6) is 0 Å². The van der Waals surface area contributed by atoms with Gasteiger partial charge in [0.2, 0.25) is 5.91 Å². The highest BCUT2D eigenvalue weighted by atomic mass is 32.1. The predicted molar refractivity (Wildman–Crippen MR) is 87.9 cm³/mol. The summed E-state index contributed by atoms with van der Waals surface area (Å²) in [5.74, 6) is 0.434. The predicted octanol–water partition coefficient (Wildman–Crippen LogP) is 1.66. The summed E-state index contributed by atoms with van der Waals surface area (Å²) in [6, 6.07) is 3.57. The van der Waals surface area contributed by atoms with Gasteiger partial charge in [-0.3, -0.25) is 4.79 Å². The Bertz CT molecular complexity index is 675. The molecule has 1 saturated heterocycles. The zero-order valence-corrected chi connectivity index (χ0v) is 13.6. The van der Waals surface area contributed by atoms with E-state index in [1.807, 2.05) is 5.38 Å². The molecule has 0 spiro atoms. The Hall–Kier alpha value is -2.19. The Kier molecular flexibility index (Phi) is 5.04. The number of ether oxygens (including phenoxy) is 1. The Labute approximate surface area is 138 Å². The van der Waals surface area contributed by atoms with Crippen molar-refractivity contribution in [3.63, 3.8) is 0 Å². The molecule has 0 bridgehead atoms. The lowest BCUT2D eigenvalue weighted by Crippen LogP contribution is -2.36. The Morgan fingerprint density at radius 3 is 3.04 bits per heavy atom. The van der Waals surface area contributed by atoms with E-state index in [1.165, 1.54) is 0 Å². The van der Waals surface area contributed by atoms with Crippen molar-refractivity contribution < 1.29 is 13.9 Å². The molecule has 23 heavy (non-hydrogen) atoms. The van der Waals surface area contributed by atoms with Crippen LogP contribution in [0.1, 0.15) is 18.4 Å². The molecule has 0 unspecified atom stereocenters. The molecule has 3 rings (SSSR count). The highest BCUT2D eigenvalue weighted by Gasteiger charge is 2.15. The summed E-state index contributed by atoms with van der Waals surface area (Å²) in [4.78, 5) is 18.6. The van der Waals surface area contributed by atoms with Crippen molar-refractivity contribution in [1.29, 1.82) is 0 Å². The standard InChI is InChI=1S/C15H18N4O3S/c1-11(13-3-2-6-22-13)17-18-14(20)9-12-10-23-15(16-12)19-4-7-21-8-5-19/h2-3,6,10H,4-5,7-9H2,1H3,(H,18,20)/b17-11-. The van der Waals surface area contributed by atoms with E-state index in [2.05, 4.69) is 20.4 Å². The first kappa shape index (κ1) is 15.7. The van der Waals surface area contributed by atoms with E-state index in [9.17, 15) is 4.79 Å². The lowest BCUT2D eigenvalue weighted by atomic mass is 10.3. The molecule has 1 aliphatic heterocycles. The van der Waals surface area contributed by atoms with E-state index in [0.29, 0.717) is 11.5 Å². The minimum absolute atomic E-state index is 0.199. The van der Waals surface area contributed by atoms with Crippen LogP contribution in [0.15, 0.2) is 33.3 Å². The second kappa shape index (κ2) is 7.38. The maximum atomic E-state index is 12.0. The van der Waals surface area contributed by atoms with Crippen LogP contribution in [0.2, 0.25) is 0 Å². The summed E-state index contributed by atoms with van der Waals surface area (Å²) in [5.41, 5.74) is 3.90. The van der Waals surface area contributed by atoms with Crippen molar-refractivity contribution in [3.05, 3.63) is 35.2 Å². The summed E-state index contributed by atoms with van der Waals surface area (Å²) >= 11 is 1.55. The Morgan fingerprint density at radius 1 is 1.48 bits per heavy atom. The molecule has 2 aromatic rings. The average Bonchev–Trinajstić information content (AvgIpc) is 3.25. The molecule has 0 aliphatic carbocycles. The van der Waals surface area contributed by atoms with Crippen LogP contribution in [-0.2, 0) is 16.0 Å². The van der Waals surface area contributed by atoms with E-state index in [0.717, 1.165) is 37.1 Å². The van der Waals surface area contributed by atoms with Gasteiger partial charge in [0.05, 0.1) is 31.6 Å². The maximum absolute atomic E-state index is 12.0. The van der Waals surface area contributed by atoms with Crippen molar-refractivity contribution in [2.45, 2.75) is 13.3 Å². The lowest BCUT2D eigenvalue weighted by Gasteiger charge is -2.26. The quantitative estimate of drug-likeness (QED) is 0.664. The molecule has 1 amide bonds. The third-order valence-electron chi connectivity index (χ3n) is 3.39. The molecule has 7 nitrogen and oxygen atoms in total. The number of nitrogens with zero attached hydrogens (tertiary/aromatic N) is 3. The number of nitrogens with one attached hydrogen (secondary N) is 1. The fraction of sp³-hybridized carbons (Fsp3) is 0.400. The van der Waals surface area contributed by atoms with E-state index in [-0.39, 0.29) is 12.3 Å². The summed E-state index contributed by atoms with van der Waals surface area (Å²) in [6.45, 7) is 4.89. The average molecular weight is 334 g/mol. The number of morpholine rings is 1. The number of thiazole rings is 1. The van der Waals surface area contributed by atoms with Crippen LogP contribution >= 0.6 is 11.3 Å². The summed E-state index contributed by atoms with van der Waals surface area (Å²) in [6.07, 6.45) is 1.77. The molecule has 0 atom stereocenters. The van der Waals surface area contributed by atoms with E-state index in [1.54, 1.807) is 36.7 Å². The molecular weight excluding hydrogens is 316 g/mol. The first-order chi connectivity index (χ1) is 11.2. The van der Waals surface area contributed by atoms with Gasteiger partial charge in [0, 0.05) is 18.5 Å². The second-order valence-electron chi connectivity index (χ2n) is 5.11. The molecule has 8 heteroatoms. The molecule has 1 aliphatic rings. The van der Waals surface area contributed by atoms with Gasteiger partial charge in [-0.15, -0.1) is 11.3 Å². The minimum Gasteiger partial charge on any atom is -0.463 e. The number of anilines is 1. The van der Waals surface area contributed by atoms with Gasteiger partial charge in [0.1, 0.15) is 11.5 Å². The lowest BCUT2D eigenvalue weighted by molar-refractivity contribution is -0.120. The number of hydrogen-bond acceptors (Lipinski definition) is 7. The van der Waals surface area contributed by atoms with E-state index < -0.39 is 0 Å². The molecule has 0 aromatic carbocycles. The van der Waals surface area contributed by atoms with Crippen LogP contribution in [0.3, 0.4) is 0 Å². The number of rotatable bonds is 5. The highest BCUT2D eigenvalue weighted by Crippen LogP contribution is 2.21. The normalized spacial score (nSPS) is 15.7. The van der Waals surface area contributed by atoms with Gasteiger partial charge in [0.25, 0.3) is 0 Å². The number of hydrazone groups is 1. The van der Waals surface area contributed by atoms with Crippen LogP contribution in [0, 0.1) is 0 Å². The SMILES string of the molecule is C/C(=N/NC(=O)Cc1csc(N2CCOCC2)n1)c1ccco1. The number of carbonyl (C=O) groups is 1. The van der Waals surface area contributed by atoms with Crippen molar-refractivity contribution in [1.82, 2.24) is 10.4 Å². The molecular formula is C15H18N4O3S. The Morgan fingerprint density at radius 2 is 2.30 bits per heavy atom. The number of hydrogen-bond donors (Lipinski definition) is 1. The monoisotopic (exact) mass is 334 g/mol. The molecule has 0 saturated carbocycles. The highest BCUT2D eigenvalue weighted by molar-refractivity contribution is 7.13. The number of furan rings is 1. The number of amides is 1. The van der Waals surface area contributed by atoms with Gasteiger partial charge in [-0.2, -0.15) is 5.10 Å². The van der Waals surface area contributed by atoms with Crippen LogP contribution in [0.25, 0.3) is 0 Å². The summed E-state index contributed by atoms with van der Waals surface area (Å²) in [7, 11) is 0. The summed E-state index contributed by atoms with van der Waals surface area (Å²) in [5, 5.41) is 6.88. The first-order valence-electron chi connectivity index (χ1n) is 7.36. The number of carbonyl (C=O) groups excluding carboxylic acids is 1. The van der Waals surface area contributed by atoms with Crippen LogP contribution in [0.4, 0.5) is 5.13 Å². The smallest absolute Gasteiger partial charge is 0.246 e. The third-order valence-corrected chi connectivity index (χ3v) is 4.34. The van der Waals surface area contributed by atoms with Gasteiger partial charge < -0.3 is 14.1 Å².